The van der Waals surface area contributed by atoms with Gasteiger partial charge in [-0.15, -0.1) is 0 Å². The fourth-order valence-corrected chi connectivity index (χ4v) is 3.68. The Bertz CT molecular complexity index is 876. The summed E-state index contributed by atoms with van der Waals surface area (Å²) in [4.78, 5) is 37.3. The fourth-order valence-electron chi connectivity index (χ4n) is 2.95. The Balaban J connectivity index is 1.93. The molecule has 1 aromatic carbocycles. The Kier molecular flexibility index (Phi) is 7.57. The summed E-state index contributed by atoms with van der Waals surface area (Å²) in [5.74, 6) is -1.79. The summed E-state index contributed by atoms with van der Waals surface area (Å²) in [6.45, 7) is 2.27. The molecule has 0 unspecified atom stereocenters. The van der Waals surface area contributed by atoms with Gasteiger partial charge in [-0.3, -0.25) is 9.59 Å². The maximum Gasteiger partial charge on any atom is 0.338 e. The number of nitrogens with two attached hydrogens (primary N) is 1. The summed E-state index contributed by atoms with van der Waals surface area (Å²) in [7, 11) is -2.84. The first-order valence-electron chi connectivity index (χ1n) is 8.99. The summed E-state index contributed by atoms with van der Waals surface area (Å²) in [6.07, 6.45) is 0.962. The van der Waals surface area contributed by atoms with Gasteiger partial charge in [0.25, 0.3) is 5.91 Å². The van der Waals surface area contributed by atoms with Gasteiger partial charge in [0, 0.05) is 13.1 Å². The van der Waals surface area contributed by atoms with Gasteiger partial charge in [0.05, 0.1) is 25.2 Å². The van der Waals surface area contributed by atoms with Gasteiger partial charge < -0.3 is 19.1 Å². The molecule has 11 heteroatoms. The van der Waals surface area contributed by atoms with Gasteiger partial charge in [-0.1, -0.05) is 0 Å². The zero-order valence-corrected chi connectivity index (χ0v) is 17.1. The molecule has 1 aliphatic heterocycles. The first kappa shape index (κ1) is 22.6. The number of likely N-dealkylation sites (tertiary alicyclic amines) is 1. The van der Waals surface area contributed by atoms with E-state index in [2.05, 4.69) is 0 Å². The number of nitrogens with zero attached hydrogens (tertiary/aromatic N) is 1. The molecule has 1 aliphatic rings. The number of hydrogen-bond acceptors (Lipinski definition) is 8. The van der Waals surface area contributed by atoms with Gasteiger partial charge in [0.1, 0.15) is 10.6 Å². The zero-order chi connectivity index (χ0) is 21.6. The van der Waals surface area contributed by atoms with E-state index < -0.39 is 28.5 Å². The molecule has 29 heavy (non-hydrogen) atoms. The summed E-state index contributed by atoms with van der Waals surface area (Å²) < 4.78 is 38.2. The molecule has 0 radical (unpaired) electrons. The van der Waals surface area contributed by atoms with Crippen LogP contribution in [-0.4, -0.2) is 64.6 Å². The van der Waals surface area contributed by atoms with Crippen molar-refractivity contribution < 1.29 is 37.0 Å². The lowest BCUT2D eigenvalue weighted by molar-refractivity contribution is -0.151. The van der Waals surface area contributed by atoms with Crippen LogP contribution in [0.3, 0.4) is 0 Å². The highest BCUT2D eigenvalue weighted by molar-refractivity contribution is 7.89. The number of carbonyl (C=O) groups is 3. The molecule has 10 nitrogen and oxygen atoms in total. The Morgan fingerprint density at radius 2 is 1.83 bits per heavy atom. The summed E-state index contributed by atoms with van der Waals surface area (Å²) >= 11 is 0. The van der Waals surface area contributed by atoms with Crippen molar-refractivity contribution in [2.75, 3.05) is 33.4 Å². The molecule has 1 amide bonds. The molecule has 2 N–H and O–H groups in total. The number of methoxy groups -OCH3 is 1. The van der Waals surface area contributed by atoms with Crippen molar-refractivity contribution in [2.24, 2.45) is 11.1 Å². The minimum Gasteiger partial charge on any atom is -0.495 e. The molecule has 1 saturated heterocycles. The maximum absolute atomic E-state index is 12.3. The highest BCUT2D eigenvalue weighted by Gasteiger charge is 2.28. The molecule has 0 saturated carbocycles. The first-order chi connectivity index (χ1) is 13.7. The molecule has 2 rings (SSSR count). The molecule has 0 aliphatic carbocycles. The SMILES string of the molecule is CCOC(=O)C1CCN(C(=O)COC(=O)c2ccc(OC)c(S(N)(=O)=O)c2)CC1. The second-order valence-corrected chi connectivity index (χ2v) is 7.92. The third kappa shape index (κ3) is 5.91. The van der Waals surface area contributed by atoms with Gasteiger partial charge in [-0.2, -0.15) is 0 Å². The van der Waals surface area contributed by atoms with E-state index in [1.54, 1.807) is 6.92 Å². The van der Waals surface area contributed by atoms with Crippen LogP contribution < -0.4 is 9.88 Å². The van der Waals surface area contributed by atoms with Crippen LogP contribution in [-0.2, 0) is 29.1 Å². The number of esters is 2. The molecule has 160 valence electrons. The molecular weight excluding hydrogens is 404 g/mol. The average Bonchev–Trinajstić information content (AvgIpc) is 2.70. The monoisotopic (exact) mass is 428 g/mol. The van der Waals surface area contributed by atoms with Crippen LogP contribution >= 0.6 is 0 Å². The summed E-state index contributed by atoms with van der Waals surface area (Å²) in [5, 5.41) is 5.12. The molecule has 0 bridgehead atoms. The smallest absolute Gasteiger partial charge is 0.338 e. The molecule has 0 aromatic heterocycles. The van der Waals surface area contributed by atoms with Gasteiger partial charge in [-0.05, 0) is 38.0 Å². The third-order valence-electron chi connectivity index (χ3n) is 4.50. The zero-order valence-electron chi connectivity index (χ0n) is 16.3. The lowest BCUT2D eigenvalue weighted by Crippen LogP contribution is -2.42. The second-order valence-electron chi connectivity index (χ2n) is 6.39. The van der Waals surface area contributed by atoms with Crippen molar-refractivity contribution in [3.8, 4) is 5.75 Å². The van der Waals surface area contributed by atoms with Crippen molar-refractivity contribution in [1.82, 2.24) is 4.90 Å². The van der Waals surface area contributed by atoms with Crippen LogP contribution in [0, 0.1) is 5.92 Å². The topological polar surface area (TPSA) is 142 Å². The number of piperidine rings is 1. The van der Waals surface area contributed by atoms with Gasteiger partial charge in [0.15, 0.2) is 6.61 Å². The largest absolute Gasteiger partial charge is 0.495 e. The highest BCUT2D eigenvalue weighted by Crippen LogP contribution is 2.24. The number of sulfonamides is 1. The fraction of sp³-hybridized carbons (Fsp3) is 0.500. The number of carbonyl (C=O) groups excluding carboxylic acids is 3. The Morgan fingerprint density at radius 3 is 2.38 bits per heavy atom. The minimum atomic E-state index is -4.11. The molecule has 1 heterocycles. The quantitative estimate of drug-likeness (QED) is 0.611. The Hall–Kier alpha value is -2.66. The molecule has 1 fully saturated rings. The van der Waals surface area contributed by atoms with E-state index >= 15 is 0 Å². The predicted molar refractivity (Wildman–Crippen MR) is 101 cm³/mol. The van der Waals surface area contributed by atoms with E-state index in [9.17, 15) is 22.8 Å². The van der Waals surface area contributed by atoms with E-state index in [4.69, 9.17) is 19.3 Å². The third-order valence-corrected chi connectivity index (χ3v) is 5.43. The molecule has 0 atom stereocenters. The number of hydrogen-bond donors (Lipinski definition) is 1. The molecule has 1 aromatic rings. The van der Waals surface area contributed by atoms with E-state index in [0.29, 0.717) is 32.5 Å². The number of benzene rings is 1. The highest BCUT2D eigenvalue weighted by atomic mass is 32.2. The standard InChI is InChI=1S/C18H24N2O8S/c1-3-27-17(22)12-6-8-20(9-7-12)16(21)11-28-18(23)13-4-5-14(26-2)15(10-13)29(19,24)25/h4-5,10,12H,3,6-9,11H2,1-2H3,(H2,19,24,25). The summed E-state index contributed by atoms with van der Waals surface area (Å²) in [6, 6.07) is 3.62. The minimum absolute atomic E-state index is 0.00963. The van der Waals surface area contributed by atoms with E-state index in [0.717, 1.165) is 6.07 Å². The van der Waals surface area contributed by atoms with Crippen LogP contribution in [0.1, 0.15) is 30.1 Å². The summed E-state index contributed by atoms with van der Waals surface area (Å²) in [5.41, 5.74) is -0.0800. The Labute approximate surface area is 168 Å². The van der Waals surface area contributed by atoms with Crippen molar-refractivity contribution in [2.45, 2.75) is 24.7 Å². The normalized spacial score (nSPS) is 14.9. The van der Waals surface area contributed by atoms with Crippen LogP contribution in [0.15, 0.2) is 23.1 Å². The Morgan fingerprint density at radius 1 is 1.17 bits per heavy atom. The first-order valence-corrected chi connectivity index (χ1v) is 10.5. The van der Waals surface area contributed by atoms with Gasteiger partial charge in [-0.25, -0.2) is 18.4 Å². The number of rotatable bonds is 7. The van der Waals surface area contributed by atoms with Crippen molar-refractivity contribution in [3.05, 3.63) is 23.8 Å². The van der Waals surface area contributed by atoms with Crippen LogP contribution in [0.25, 0.3) is 0 Å². The second kappa shape index (κ2) is 9.70. The van der Waals surface area contributed by atoms with Crippen LogP contribution in [0.5, 0.6) is 5.75 Å². The van der Waals surface area contributed by atoms with Crippen molar-refractivity contribution in [1.29, 1.82) is 0 Å². The van der Waals surface area contributed by atoms with E-state index in [-0.39, 0.29) is 28.1 Å². The van der Waals surface area contributed by atoms with Crippen molar-refractivity contribution in [3.63, 3.8) is 0 Å². The number of ether oxygens (including phenoxy) is 3. The predicted octanol–water partition coefficient (Wildman–Crippen LogP) is 0.301. The average molecular weight is 428 g/mol. The molecular formula is C18H24N2O8S. The van der Waals surface area contributed by atoms with Crippen molar-refractivity contribution >= 4 is 27.9 Å². The van der Waals surface area contributed by atoms with Crippen LogP contribution in [0.4, 0.5) is 0 Å². The van der Waals surface area contributed by atoms with Crippen LogP contribution in [0.2, 0.25) is 0 Å². The van der Waals surface area contributed by atoms with E-state index in [1.165, 1.54) is 24.1 Å². The maximum atomic E-state index is 12.3. The van der Waals surface area contributed by atoms with Gasteiger partial charge >= 0.3 is 11.9 Å². The number of primary sulfonamides is 1. The van der Waals surface area contributed by atoms with Gasteiger partial charge in [0.2, 0.25) is 10.0 Å². The lowest BCUT2D eigenvalue weighted by atomic mass is 9.97. The lowest BCUT2D eigenvalue weighted by Gasteiger charge is -2.30. The van der Waals surface area contributed by atoms with E-state index in [1.807, 2.05) is 0 Å². The molecule has 0 spiro atoms. The number of amides is 1.